The molecule has 1 amide bonds. The highest BCUT2D eigenvalue weighted by atomic mass is 16.4. The molecule has 0 saturated carbocycles. The number of aliphatic carboxylic acids is 1. The third kappa shape index (κ3) is 3.15. The molecule has 1 aromatic rings. The van der Waals surface area contributed by atoms with Gasteiger partial charge in [-0.05, 0) is 6.07 Å². The van der Waals surface area contributed by atoms with E-state index in [4.69, 9.17) is 10.2 Å². The first-order chi connectivity index (χ1) is 7.95. The van der Waals surface area contributed by atoms with Crippen LogP contribution in [0.1, 0.15) is 10.4 Å². The van der Waals surface area contributed by atoms with Gasteiger partial charge in [0.1, 0.15) is 0 Å². The van der Waals surface area contributed by atoms with Gasteiger partial charge in [0.25, 0.3) is 11.5 Å². The van der Waals surface area contributed by atoms with Gasteiger partial charge in [-0.1, -0.05) is 0 Å². The molecule has 0 aliphatic rings. The molecule has 0 aliphatic carbocycles. The van der Waals surface area contributed by atoms with Crippen molar-refractivity contribution in [3.05, 3.63) is 34.2 Å². The molecule has 1 atom stereocenters. The molecule has 7 nitrogen and oxygen atoms in total. The molecule has 92 valence electrons. The van der Waals surface area contributed by atoms with E-state index < -0.39 is 24.5 Å². The van der Waals surface area contributed by atoms with Crippen molar-refractivity contribution in [1.82, 2.24) is 9.88 Å². The van der Waals surface area contributed by atoms with E-state index in [2.05, 4.69) is 5.32 Å². The fraction of sp³-hybridized carbons (Fsp3) is 0.300. The number of carbonyl (C=O) groups excluding carboxylic acids is 1. The summed E-state index contributed by atoms with van der Waals surface area (Å²) in [5.74, 6) is -2.06. The summed E-state index contributed by atoms with van der Waals surface area (Å²) < 4.78 is 1.28. The van der Waals surface area contributed by atoms with Gasteiger partial charge < -0.3 is 20.1 Å². The van der Waals surface area contributed by atoms with Crippen LogP contribution in [0.25, 0.3) is 0 Å². The van der Waals surface area contributed by atoms with Crippen LogP contribution in [-0.2, 0) is 11.8 Å². The Hall–Kier alpha value is -2.15. The maximum absolute atomic E-state index is 11.5. The van der Waals surface area contributed by atoms with E-state index in [1.165, 1.54) is 23.9 Å². The Morgan fingerprint density at radius 2 is 2.18 bits per heavy atom. The zero-order valence-electron chi connectivity index (χ0n) is 9.08. The van der Waals surface area contributed by atoms with E-state index in [0.29, 0.717) is 0 Å². The van der Waals surface area contributed by atoms with Gasteiger partial charge in [0.15, 0.2) is 6.04 Å². The highest BCUT2D eigenvalue weighted by Gasteiger charge is 2.19. The summed E-state index contributed by atoms with van der Waals surface area (Å²) in [5.41, 5.74) is -0.332. The molecule has 3 N–H and O–H groups in total. The Morgan fingerprint density at radius 1 is 1.53 bits per heavy atom. The topological polar surface area (TPSA) is 109 Å². The van der Waals surface area contributed by atoms with Crippen LogP contribution in [0.4, 0.5) is 0 Å². The molecule has 1 aromatic heterocycles. The number of pyridine rings is 1. The molecule has 0 fully saturated rings. The summed E-state index contributed by atoms with van der Waals surface area (Å²) in [6, 6.07) is 1.09. The Morgan fingerprint density at radius 3 is 2.65 bits per heavy atom. The van der Waals surface area contributed by atoms with Crippen LogP contribution in [0.15, 0.2) is 23.1 Å². The molecular formula is C10H12N2O5. The molecule has 0 bridgehead atoms. The Kier molecular flexibility index (Phi) is 4.00. The third-order valence-electron chi connectivity index (χ3n) is 2.15. The van der Waals surface area contributed by atoms with Gasteiger partial charge in [0.2, 0.25) is 0 Å². The molecule has 0 radical (unpaired) electrons. The van der Waals surface area contributed by atoms with Crippen LogP contribution in [0, 0.1) is 0 Å². The molecule has 7 heteroatoms. The van der Waals surface area contributed by atoms with Gasteiger partial charge in [0, 0.05) is 24.9 Å². The Balaban J connectivity index is 2.86. The number of aromatic nitrogens is 1. The van der Waals surface area contributed by atoms with E-state index >= 15 is 0 Å². The van der Waals surface area contributed by atoms with E-state index in [9.17, 15) is 14.4 Å². The molecular weight excluding hydrogens is 228 g/mol. The minimum Gasteiger partial charge on any atom is -0.480 e. The lowest BCUT2D eigenvalue weighted by Crippen LogP contribution is -2.43. The van der Waals surface area contributed by atoms with Gasteiger partial charge in [-0.25, -0.2) is 4.79 Å². The number of carboxylic acid groups (broad SMARTS) is 1. The van der Waals surface area contributed by atoms with Gasteiger partial charge in [-0.15, -0.1) is 0 Å². The molecule has 1 rings (SSSR count). The van der Waals surface area contributed by atoms with Crippen LogP contribution in [0.2, 0.25) is 0 Å². The first kappa shape index (κ1) is 12.9. The Bertz CT molecular complexity index is 494. The number of hydrogen-bond acceptors (Lipinski definition) is 4. The number of aliphatic hydroxyl groups is 1. The standard InChI is InChI=1S/C10H12N2O5/c1-12-3-2-6(4-8(12)14)9(15)11-7(5-13)10(16)17/h2-4,7,13H,5H2,1H3,(H,11,15)(H,16,17)/t7-/m0/s1. The molecule has 0 saturated heterocycles. The summed E-state index contributed by atoms with van der Waals surface area (Å²) in [6.07, 6.45) is 1.39. The molecule has 17 heavy (non-hydrogen) atoms. The minimum atomic E-state index is -1.38. The highest BCUT2D eigenvalue weighted by Crippen LogP contribution is 1.95. The number of carbonyl (C=O) groups is 2. The summed E-state index contributed by atoms with van der Waals surface area (Å²) in [7, 11) is 1.53. The highest BCUT2D eigenvalue weighted by molar-refractivity contribution is 5.96. The van der Waals surface area contributed by atoms with Crippen LogP contribution >= 0.6 is 0 Å². The monoisotopic (exact) mass is 240 g/mol. The molecule has 0 aliphatic heterocycles. The first-order valence-electron chi connectivity index (χ1n) is 4.77. The SMILES string of the molecule is Cn1ccc(C(=O)N[C@@H](CO)C(=O)O)cc1=O. The number of carboxylic acids is 1. The van der Waals surface area contributed by atoms with Gasteiger partial charge in [-0.3, -0.25) is 9.59 Å². The normalized spacial score (nSPS) is 11.9. The van der Waals surface area contributed by atoms with Crippen molar-refractivity contribution in [2.45, 2.75) is 6.04 Å². The quantitative estimate of drug-likeness (QED) is 0.597. The molecule has 1 heterocycles. The largest absolute Gasteiger partial charge is 0.480 e. The number of hydrogen-bond donors (Lipinski definition) is 3. The lowest BCUT2D eigenvalue weighted by atomic mass is 10.2. The second-order valence-corrected chi connectivity index (χ2v) is 3.41. The van der Waals surface area contributed by atoms with Crippen molar-refractivity contribution in [1.29, 1.82) is 0 Å². The fourth-order valence-electron chi connectivity index (χ4n) is 1.12. The average Bonchev–Trinajstić information content (AvgIpc) is 2.28. The van der Waals surface area contributed by atoms with E-state index in [1.54, 1.807) is 0 Å². The van der Waals surface area contributed by atoms with Crippen molar-refractivity contribution in [3.8, 4) is 0 Å². The van der Waals surface area contributed by atoms with Crippen molar-refractivity contribution in [2.24, 2.45) is 7.05 Å². The summed E-state index contributed by atoms with van der Waals surface area (Å²) in [6.45, 7) is -0.716. The zero-order valence-corrected chi connectivity index (χ0v) is 9.08. The number of nitrogens with one attached hydrogen (secondary N) is 1. The predicted molar refractivity (Wildman–Crippen MR) is 57.7 cm³/mol. The summed E-state index contributed by atoms with van der Waals surface area (Å²) >= 11 is 0. The maximum atomic E-state index is 11.5. The average molecular weight is 240 g/mol. The zero-order chi connectivity index (χ0) is 13.0. The predicted octanol–water partition coefficient (Wildman–Crippen LogP) is -1.44. The lowest BCUT2D eigenvalue weighted by molar-refractivity contribution is -0.140. The molecule has 0 unspecified atom stereocenters. The van der Waals surface area contributed by atoms with E-state index in [0.717, 1.165) is 6.07 Å². The molecule has 0 spiro atoms. The van der Waals surface area contributed by atoms with E-state index in [-0.39, 0.29) is 11.1 Å². The van der Waals surface area contributed by atoms with Crippen molar-refractivity contribution >= 4 is 11.9 Å². The molecule has 0 aromatic carbocycles. The number of rotatable bonds is 4. The van der Waals surface area contributed by atoms with E-state index in [1.807, 2.05) is 0 Å². The van der Waals surface area contributed by atoms with Gasteiger partial charge >= 0.3 is 5.97 Å². The third-order valence-corrected chi connectivity index (χ3v) is 2.15. The number of amides is 1. The minimum absolute atomic E-state index is 0.0489. The van der Waals surface area contributed by atoms with Crippen LogP contribution in [0.5, 0.6) is 0 Å². The van der Waals surface area contributed by atoms with Gasteiger partial charge in [0.05, 0.1) is 6.61 Å². The fourth-order valence-corrected chi connectivity index (χ4v) is 1.12. The smallest absolute Gasteiger partial charge is 0.328 e. The van der Waals surface area contributed by atoms with Crippen LogP contribution < -0.4 is 10.9 Å². The second-order valence-electron chi connectivity index (χ2n) is 3.41. The van der Waals surface area contributed by atoms with Crippen LogP contribution in [0.3, 0.4) is 0 Å². The lowest BCUT2D eigenvalue weighted by Gasteiger charge is -2.11. The van der Waals surface area contributed by atoms with Crippen molar-refractivity contribution in [2.75, 3.05) is 6.61 Å². The first-order valence-corrected chi connectivity index (χ1v) is 4.77. The second kappa shape index (κ2) is 5.26. The summed E-state index contributed by atoms with van der Waals surface area (Å²) in [5, 5.41) is 19.4. The van der Waals surface area contributed by atoms with Crippen molar-refractivity contribution < 1.29 is 19.8 Å². The number of aliphatic hydroxyl groups excluding tert-OH is 1. The number of aryl methyl sites for hydroxylation is 1. The van der Waals surface area contributed by atoms with Gasteiger partial charge in [-0.2, -0.15) is 0 Å². The maximum Gasteiger partial charge on any atom is 0.328 e. The number of nitrogens with zero attached hydrogens (tertiary/aromatic N) is 1. The van der Waals surface area contributed by atoms with Crippen LogP contribution in [-0.4, -0.2) is 39.3 Å². The summed E-state index contributed by atoms with van der Waals surface area (Å²) in [4.78, 5) is 33.4. The van der Waals surface area contributed by atoms with Crippen molar-refractivity contribution in [3.63, 3.8) is 0 Å². The Labute approximate surface area is 96.3 Å².